The second-order valence-corrected chi connectivity index (χ2v) is 8.31. The summed E-state index contributed by atoms with van der Waals surface area (Å²) in [4.78, 5) is 4.44. The van der Waals surface area contributed by atoms with Gasteiger partial charge in [0.25, 0.3) is 0 Å². The number of methoxy groups -OCH3 is 1. The lowest BCUT2D eigenvalue weighted by molar-refractivity contribution is 0.346. The van der Waals surface area contributed by atoms with E-state index < -0.39 is 24.6 Å². The molecule has 0 radical (unpaired) electrons. The highest BCUT2D eigenvalue weighted by Crippen LogP contribution is 2.29. The zero-order valence-corrected chi connectivity index (χ0v) is 19.9. The second-order valence-electron chi connectivity index (χ2n) is 8.31. The molecule has 0 bridgehead atoms. The summed E-state index contributed by atoms with van der Waals surface area (Å²) in [5.74, 6) is 1.13. The van der Waals surface area contributed by atoms with Crippen molar-refractivity contribution >= 4 is 5.65 Å². The minimum atomic E-state index is -0.974. The van der Waals surface area contributed by atoms with Gasteiger partial charge in [-0.05, 0) is 66.2 Å². The molecule has 5 aromatic rings. The molecular weight excluding hydrogens is 466 g/mol. The summed E-state index contributed by atoms with van der Waals surface area (Å²) in [5, 5.41) is 20.2. The Kier molecular flexibility index (Phi) is 6.38. The zero-order valence-electron chi connectivity index (χ0n) is 19.9. The molecule has 3 heterocycles. The lowest BCUT2D eigenvalue weighted by Crippen LogP contribution is -2.32. The van der Waals surface area contributed by atoms with E-state index in [1.165, 1.54) is 6.07 Å². The van der Waals surface area contributed by atoms with Crippen LogP contribution in [0.25, 0.3) is 11.3 Å². The van der Waals surface area contributed by atoms with E-state index in [9.17, 15) is 8.78 Å². The van der Waals surface area contributed by atoms with Gasteiger partial charge in [-0.15, -0.1) is 5.10 Å². The monoisotopic (exact) mass is 490 g/mol. The molecule has 0 saturated carbocycles. The van der Waals surface area contributed by atoms with Crippen molar-refractivity contribution in [1.29, 1.82) is 0 Å². The fourth-order valence-corrected chi connectivity index (χ4v) is 4.26. The van der Waals surface area contributed by atoms with Crippen LogP contribution in [0.1, 0.15) is 40.6 Å². The third-order valence-electron chi connectivity index (χ3n) is 5.98. The largest absolute Gasteiger partial charge is 0.497 e. The number of hydrogen-bond acceptors (Lipinski definition) is 7. The van der Waals surface area contributed by atoms with Gasteiger partial charge in [-0.1, -0.05) is 24.3 Å². The Balaban J connectivity index is 1.67. The molecule has 0 aliphatic heterocycles. The van der Waals surface area contributed by atoms with E-state index in [2.05, 4.69) is 30.9 Å². The van der Waals surface area contributed by atoms with Crippen LogP contribution in [0.3, 0.4) is 0 Å². The Morgan fingerprint density at radius 3 is 2.64 bits per heavy atom. The van der Waals surface area contributed by atoms with Crippen LogP contribution < -0.4 is 10.1 Å². The first-order valence-electron chi connectivity index (χ1n) is 11.3. The van der Waals surface area contributed by atoms with Crippen molar-refractivity contribution in [2.45, 2.75) is 25.9 Å². The number of fused-ring (bicyclic) bond motifs is 1. The Bertz CT molecular complexity index is 1520. The smallest absolute Gasteiger partial charge is 0.179 e. The Morgan fingerprint density at radius 2 is 1.89 bits per heavy atom. The highest BCUT2D eigenvalue weighted by Gasteiger charge is 2.29. The Labute approximate surface area is 205 Å². The first kappa shape index (κ1) is 23.5. The lowest BCUT2D eigenvalue weighted by atomic mass is 10.0. The third kappa shape index (κ3) is 4.29. The van der Waals surface area contributed by atoms with Gasteiger partial charge in [-0.25, -0.2) is 18.3 Å². The minimum absolute atomic E-state index is 0.201. The molecule has 0 fully saturated rings. The molecule has 36 heavy (non-hydrogen) atoms. The number of alkyl halides is 1. The molecule has 11 heteroatoms. The lowest BCUT2D eigenvalue weighted by Gasteiger charge is -2.25. The number of ether oxygens (including phenoxy) is 1. The van der Waals surface area contributed by atoms with Crippen LogP contribution in [0.2, 0.25) is 0 Å². The van der Waals surface area contributed by atoms with Crippen LogP contribution in [-0.2, 0) is 0 Å². The van der Waals surface area contributed by atoms with E-state index in [1.807, 2.05) is 37.3 Å². The van der Waals surface area contributed by atoms with Gasteiger partial charge in [-0.3, -0.25) is 5.32 Å². The van der Waals surface area contributed by atoms with Crippen LogP contribution in [0.15, 0.2) is 60.7 Å². The van der Waals surface area contributed by atoms with Gasteiger partial charge in [0.2, 0.25) is 0 Å². The maximum absolute atomic E-state index is 14.7. The van der Waals surface area contributed by atoms with Gasteiger partial charge in [-0.2, -0.15) is 9.78 Å². The first-order chi connectivity index (χ1) is 17.5. The summed E-state index contributed by atoms with van der Waals surface area (Å²) in [6.07, 6.45) is 0. The molecule has 2 aromatic carbocycles. The third-order valence-corrected chi connectivity index (χ3v) is 5.98. The Hall–Kier alpha value is -4.25. The van der Waals surface area contributed by atoms with E-state index in [4.69, 9.17) is 4.74 Å². The predicted molar refractivity (Wildman–Crippen MR) is 128 cm³/mol. The standard InChI is InChI=1S/C25H24F2N8O/c1-15-13-17(36-3)11-12-21(15)35-25(30-32-33-35)24(22-9-6-10-23-28-16(2)31-34(22)23)29-20(14-26)18-7-4-5-8-19(18)27/h4-13,20,24,29H,14H2,1-3H3. The van der Waals surface area contributed by atoms with E-state index in [0.717, 1.165) is 5.56 Å². The maximum atomic E-state index is 14.7. The zero-order chi connectivity index (χ0) is 25.2. The van der Waals surface area contributed by atoms with Gasteiger partial charge >= 0.3 is 0 Å². The topological polar surface area (TPSA) is 95.0 Å². The van der Waals surface area contributed by atoms with Crippen molar-refractivity contribution in [1.82, 2.24) is 40.1 Å². The summed E-state index contributed by atoms with van der Waals surface area (Å²) in [5.41, 5.74) is 3.01. The number of benzene rings is 2. The highest BCUT2D eigenvalue weighted by atomic mass is 19.1. The van der Waals surface area contributed by atoms with Gasteiger partial charge in [0.15, 0.2) is 11.5 Å². The summed E-state index contributed by atoms with van der Waals surface area (Å²) in [6, 6.07) is 15.3. The number of hydrogen-bond donors (Lipinski definition) is 1. The van der Waals surface area contributed by atoms with Crippen molar-refractivity contribution < 1.29 is 13.5 Å². The van der Waals surface area contributed by atoms with E-state index in [1.54, 1.807) is 47.5 Å². The number of pyridine rings is 1. The average Bonchev–Trinajstić information content (AvgIpc) is 3.51. The van der Waals surface area contributed by atoms with Gasteiger partial charge in [0.1, 0.15) is 30.1 Å². The van der Waals surface area contributed by atoms with E-state index >= 15 is 0 Å². The van der Waals surface area contributed by atoms with Crippen molar-refractivity contribution in [3.8, 4) is 11.4 Å². The number of rotatable bonds is 8. The van der Waals surface area contributed by atoms with E-state index in [-0.39, 0.29) is 5.56 Å². The first-order valence-corrected chi connectivity index (χ1v) is 11.3. The van der Waals surface area contributed by atoms with Crippen LogP contribution in [0, 0.1) is 19.7 Å². The van der Waals surface area contributed by atoms with Crippen molar-refractivity contribution in [2.75, 3.05) is 13.8 Å². The molecule has 9 nitrogen and oxygen atoms in total. The SMILES string of the molecule is COc1ccc(-n2nnnc2C(NC(CF)c2ccccc2F)c2cccc3nc(C)nn23)c(C)c1. The number of halogens is 2. The molecule has 2 atom stereocenters. The second kappa shape index (κ2) is 9.78. The molecule has 184 valence electrons. The molecule has 1 N–H and O–H groups in total. The minimum Gasteiger partial charge on any atom is -0.497 e. The van der Waals surface area contributed by atoms with Gasteiger partial charge < -0.3 is 4.74 Å². The number of aromatic nitrogens is 7. The normalized spacial score (nSPS) is 13.1. The molecule has 5 rings (SSSR count). The van der Waals surface area contributed by atoms with Crippen molar-refractivity contribution in [3.05, 3.63) is 95.0 Å². The maximum Gasteiger partial charge on any atom is 0.179 e. The molecule has 0 aliphatic rings. The van der Waals surface area contributed by atoms with Gasteiger partial charge in [0, 0.05) is 5.56 Å². The number of nitrogens with one attached hydrogen (secondary N) is 1. The molecule has 0 amide bonds. The molecular formula is C25H24F2N8O. The Morgan fingerprint density at radius 1 is 1.06 bits per heavy atom. The molecule has 2 unspecified atom stereocenters. The fourth-order valence-electron chi connectivity index (χ4n) is 4.26. The van der Waals surface area contributed by atoms with Crippen LogP contribution >= 0.6 is 0 Å². The fraction of sp³-hybridized carbons (Fsp3) is 0.240. The molecule has 0 saturated heterocycles. The average molecular weight is 491 g/mol. The number of tetrazole rings is 1. The summed E-state index contributed by atoms with van der Waals surface area (Å²) < 4.78 is 37.6. The summed E-state index contributed by atoms with van der Waals surface area (Å²) in [7, 11) is 1.59. The predicted octanol–water partition coefficient (Wildman–Crippen LogP) is 3.86. The number of aryl methyl sites for hydroxylation is 2. The van der Waals surface area contributed by atoms with Crippen LogP contribution in [-0.4, -0.2) is 48.6 Å². The van der Waals surface area contributed by atoms with Crippen LogP contribution in [0.5, 0.6) is 5.75 Å². The number of nitrogens with zero attached hydrogens (tertiary/aromatic N) is 7. The highest BCUT2D eigenvalue weighted by molar-refractivity contribution is 5.46. The van der Waals surface area contributed by atoms with Gasteiger partial charge in [0.05, 0.1) is 24.5 Å². The van der Waals surface area contributed by atoms with E-state index in [0.29, 0.717) is 34.4 Å². The van der Waals surface area contributed by atoms with Crippen molar-refractivity contribution in [2.24, 2.45) is 0 Å². The molecule has 3 aromatic heterocycles. The summed E-state index contributed by atoms with van der Waals surface area (Å²) >= 11 is 0. The summed E-state index contributed by atoms with van der Waals surface area (Å²) in [6.45, 7) is 2.84. The molecule has 0 spiro atoms. The van der Waals surface area contributed by atoms with Crippen molar-refractivity contribution in [3.63, 3.8) is 0 Å². The quantitative estimate of drug-likeness (QED) is 0.353. The van der Waals surface area contributed by atoms with Crippen LogP contribution in [0.4, 0.5) is 8.78 Å². The molecule has 0 aliphatic carbocycles.